The zero-order valence-corrected chi connectivity index (χ0v) is 20.4. The molecule has 1 aromatic carbocycles. The molecule has 1 aliphatic rings. The van der Waals surface area contributed by atoms with Crippen molar-refractivity contribution in [2.75, 3.05) is 45.4 Å². The van der Waals surface area contributed by atoms with Crippen molar-refractivity contribution in [3.63, 3.8) is 0 Å². The lowest BCUT2D eigenvalue weighted by molar-refractivity contribution is 0.0853. The number of hydrogen-bond donors (Lipinski definition) is 2. The van der Waals surface area contributed by atoms with Crippen LogP contribution in [-0.2, 0) is 11.8 Å². The minimum atomic E-state index is -0.584. The van der Waals surface area contributed by atoms with Crippen molar-refractivity contribution in [2.45, 2.75) is 31.9 Å². The summed E-state index contributed by atoms with van der Waals surface area (Å²) in [5, 5.41) is 12.9. The molecular formula is C25H34N6O3. The molecule has 0 amide bonds. The highest BCUT2D eigenvalue weighted by Gasteiger charge is 2.22. The molecule has 1 saturated heterocycles. The molecule has 0 saturated carbocycles. The predicted octanol–water partition coefficient (Wildman–Crippen LogP) is 2.43. The second kappa shape index (κ2) is 10.9. The summed E-state index contributed by atoms with van der Waals surface area (Å²) in [6, 6.07) is 10.0. The molecule has 0 bridgehead atoms. The first-order valence-corrected chi connectivity index (χ1v) is 11.7. The van der Waals surface area contributed by atoms with Crippen LogP contribution < -0.4 is 15.0 Å². The fourth-order valence-electron chi connectivity index (χ4n) is 4.18. The van der Waals surface area contributed by atoms with Gasteiger partial charge in [0.05, 0.1) is 5.69 Å². The van der Waals surface area contributed by atoms with E-state index in [9.17, 15) is 5.11 Å². The maximum absolute atomic E-state index is 9.97. The maximum atomic E-state index is 9.97. The van der Waals surface area contributed by atoms with E-state index in [2.05, 4.69) is 22.2 Å². The molecule has 0 aliphatic carbocycles. The van der Waals surface area contributed by atoms with Gasteiger partial charge in [0.15, 0.2) is 11.6 Å². The van der Waals surface area contributed by atoms with Crippen molar-refractivity contribution >= 4 is 5.82 Å². The van der Waals surface area contributed by atoms with Crippen molar-refractivity contribution < 1.29 is 14.6 Å². The summed E-state index contributed by atoms with van der Waals surface area (Å²) in [6.45, 7) is 4.17. The molecule has 0 radical (unpaired) electrons. The normalized spacial score (nSPS) is 15.3. The lowest BCUT2D eigenvalue weighted by Gasteiger charge is -2.32. The van der Waals surface area contributed by atoms with Crippen LogP contribution in [0.15, 0.2) is 36.5 Å². The Balaban J connectivity index is 1.69. The average molecular weight is 467 g/mol. The van der Waals surface area contributed by atoms with Gasteiger partial charge < -0.3 is 29.4 Å². The number of ether oxygens (including phenoxy) is 2. The van der Waals surface area contributed by atoms with Crippen molar-refractivity contribution in [2.24, 2.45) is 7.05 Å². The standard InChI is InChI=1S/C25H34N6O3/c1-17-15-30(3)25(27-17)22-13-23(31(4)19-8-10-33-11-9-19)29-24(28-22)18-6-5-7-21(12-18)34-16-20(32)14-26-2/h5-7,12-13,15,19-20,26,32H,8-11,14,16H2,1-4H3. The van der Waals surface area contributed by atoms with Gasteiger partial charge >= 0.3 is 0 Å². The highest BCUT2D eigenvalue weighted by atomic mass is 16.5. The summed E-state index contributed by atoms with van der Waals surface area (Å²) >= 11 is 0. The van der Waals surface area contributed by atoms with Gasteiger partial charge in [0.2, 0.25) is 0 Å². The van der Waals surface area contributed by atoms with Gasteiger partial charge in [0.1, 0.15) is 30.0 Å². The highest BCUT2D eigenvalue weighted by molar-refractivity contribution is 5.65. The van der Waals surface area contributed by atoms with Crippen molar-refractivity contribution in [1.82, 2.24) is 24.8 Å². The third-order valence-corrected chi connectivity index (χ3v) is 6.01. The first-order chi connectivity index (χ1) is 16.4. The predicted molar refractivity (Wildman–Crippen MR) is 132 cm³/mol. The Kier molecular flexibility index (Phi) is 7.77. The number of aryl methyl sites for hydroxylation is 2. The average Bonchev–Trinajstić information content (AvgIpc) is 3.20. The molecule has 3 heterocycles. The number of anilines is 1. The van der Waals surface area contributed by atoms with Crippen LogP contribution in [0.2, 0.25) is 0 Å². The Bertz CT molecular complexity index is 1100. The van der Waals surface area contributed by atoms with Crippen LogP contribution in [0.4, 0.5) is 5.82 Å². The zero-order valence-electron chi connectivity index (χ0n) is 20.4. The molecule has 0 spiro atoms. The monoisotopic (exact) mass is 466 g/mol. The molecule has 1 fully saturated rings. The second-order valence-corrected chi connectivity index (χ2v) is 8.76. The Morgan fingerprint density at radius 3 is 2.74 bits per heavy atom. The van der Waals surface area contributed by atoms with Crippen LogP contribution >= 0.6 is 0 Å². The van der Waals surface area contributed by atoms with E-state index in [1.807, 2.05) is 55.1 Å². The molecule has 1 aliphatic heterocycles. The SMILES string of the molecule is CNCC(O)COc1cccc(-c2nc(-c3nc(C)cn3C)cc(N(C)C3CCOCC3)n2)c1. The van der Waals surface area contributed by atoms with Crippen LogP contribution in [0.1, 0.15) is 18.5 Å². The largest absolute Gasteiger partial charge is 0.491 e. The molecule has 1 unspecified atom stereocenters. The molecule has 4 rings (SSSR count). The summed E-state index contributed by atoms with van der Waals surface area (Å²) in [7, 11) is 5.86. The Morgan fingerprint density at radius 2 is 2.03 bits per heavy atom. The molecule has 2 aromatic heterocycles. The molecule has 9 nitrogen and oxygen atoms in total. The number of nitrogens with one attached hydrogen (secondary N) is 1. The van der Waals surface area contributed by atoms with E-state index in [0.717, 1.165) is 54.6 Å². The van der Waals surface area contributed by atoms with Crippen LogP contribution in [0.3, 0.4) is 0 Å². The number of aliphatic hydroxyl groups excluding tert-OH is 1. The molecule has 2 N–H and O–H groups in total. The first kappa shape index (κ1) is 24.1. The number of nitrogens with zero attached hydrogens (tertiary/aromatic N) is 5. The minimum Gasteiger partial charge on any atom is -0.491 e. The topological polar surface area (TPSA) is 97.6 Å². The third kappa shape index (κ3) is 5.72. The molecule has 3 aromatic rings. The van der Waals surface area contributed by atoms with E-state index in [1.165, 1.54) is 0 Å². The second-order valence-electron chi connectivity index (χ2n) is 8.76. The Hall–Kier alpha value is -3.01. The Morgan fingerprint density at radius 1 is 1.24 bits per heavy atom. The molecule has 9 heteroatoms. The minimum absolute atomic E-state index is 0.204. The van der Waals surface area contributed by atoms with Gasteiger partial charge in [-0.15, -0.1) is 0 Å². The van der Waals surface area contributed by atoms with Gasteiger partial charge in [0.25, 0.3) is 0 Å². The summed E-state index contributed by atoms with van der Waals surface area (Å²) < 4.78 is 13.3. The lowest BCUT2D eigenvalue weighted by atomic mass is 10.1. The van der Waals surface area contributed by atoms with Gasteiger partial charge in [-0.25, -0.2) is 15.0 Å². The molecule has 182 valence electrons. The summed E-state index contributed by atoms with van der Waals surface area (Å²) in [5.74, 6) is 2.91. The smallest absolute Gasteiger partial charge is 0.162 e. The number of rotatable bonds is 9. The van der Waals surface area contributed by atoms with Gasteiger partial charge in [-0.1, -0.05) is 12.1 Å². The number of likely N-dealkylation sites (N-methyl/N-ethyl adjacent to an activating group) is 1. The van der Waals surface area contributed by atoms with Crippen LogP contribution in [0.5, 0.6) is 5.75 Å². The van der Waals surface area contributed by atoms with Crippen LogP contribution in [0, 0.1) is 6.92 Å². The molecular weight excluding hydrogens is 432 g/mol. The third-order valence-electron chi connectivity index (χ3n) is 6.01. The number of hydrogen-bond acceptors (Lipinski definition) is 8. The van der Waals surface area contributed by atoms with Gasteiger partial charge in [-0.2, -0.15) is 0 Å². The summed E-state index contributed by atoms with van der Waals surface area (Å²) in [5.41, 5.74) is 2.55. The summed E-state index contributed by atoms with van der Waals surface area (Å²) in [4.78, 5) is 16.7. The number of aliphatic hydroxyl groups is 1. The first-order valence-electron chi connectivity index (χ1n) is 11.7. The molecule has 1 atom stereocenters. The molecule has 34 heavy (non-hydrogen) atoms. The van der Waals surface area contributed by atoms with Crippen LogP contribution in [0.25, 0.3) is 22.9 Å². The fraction of sp³-hybridized carbons (Fsp3) is 0.480. The maximum Gasteiger partial charge on any atom is 0.162 e. The highest BCUT2D eigenvalue weighted by Crippen LogP contribution is 2.29. The number of aromatic nitrogens is 4. The van der Waals surface area contributed by atoms with E-state index in [1.54, 1.807) is 7.05 Å². The van der Waals surface area contributed by atoms with E-state index >= 15 is 0 Å². The van der Waals surface area contributed by atoms with E-state index in [-0.39, 0.29) is 6.61 Å². The van der Waals surface area contributed by atoms with Crippen molar-refractivity contribution in [3.05, 3.63) is 42.2 Å². The van der Waals surface area contributed by atoms with Crippen LogP contribution in [-0.4, -0.2) is 77.2 Å². The van der Waals surface area contributed by atoms with Gasteiger partial charge in [-0.3, -0.25) is 0 Å². The van der Waals surface area contributed by atoms with Crippen molar-refractivity contribution in [1.29, 1.82) is 0 Å². The fourth-order valence-corrected chi connectivity index (χ4v) is 4.18. The number of imidazole rings is 1. The quantitative estimate of drug-likeness (QED) is 0.496. The number of benzene rings is 1. The zero-order chi connectivity index (χ0) is 24.1. The van der Waals surface area contributed by atoms with Crippen molar-refractivity contribution in [3.8, 4) is 28.7 Å². The van der Waals surface area contributed by atoms with E-state index in [4.69, 9.17) is 19.4 Å². The summed E-state index contributed by atoms with van der Waals surface area (Å²) in [6.07, 6.45) is 3.33. The van der Waals surface area contributed by atoms with E-state index in [0.29, 0.717) is 24.2 Å². The Labute approximate surface area is 200 Å². The van der Waals surface area contributed by atoms with Gasteiger partial charge in [0, 0.05) is 57.7 Å². The lowest BCUT2D eigenvalue weighted by Crippen LogP contribution is -2.37. The van der Waals surface area contributed by atoms with Gasteiger partial charge in [-0.05, 0) is 38.9 Å². The van der Waals surface area contributed by atoms with E-state index < -0.39 is 6.10 Å².